The van der Waals surface area contributed by atoms with Crippen molar-refractivity contribution in [2.45, 2.75) is 12.4 Å². The second kappa shape index (κ2) is 7.09. The second-order valence-electron chi connectivity index (χ2n) is 4.66. The molecule has 1 aliphatic rings. The summed E-state index contributed by atoms with van der Waals surface area (Å²) in [5, 5.41) is 6.88. The molecule has 2 rings (SSSR count). The zero-order valence-electron chi connectivity index (χ0n) is 12.1. The van der Waals surface area contributed by atoms with Crippen molar-refractivity contribution in [3.63, 3.8) is 0 Å². The molecule has 0 bridgehead atoms. The summed E-state index contributed by atoms with van der Waals surface area (Å²) >= 11 is 3.16. The highest BCUT2D eigenvalue weighted by Crippen LogP contribution is 2.23. The van der Waals surface area contributed by atoms with Gasteiger partial charge >= 0.3 is 5.97 Å². The van der Waals surface area contributed by atoms with E-state index in [-0.39, 0.29) is 10.8 Å². The van der Waals surface area contributed by atoms with E-state index in [4.69, 9.17) is 4.74 Å². The Hall–Kier alpha value is -1.27. The molecule has 23 heavy (non-hydrogen) atoms. The van der Waals surface area contributed by atoms with Gasteiger partial charge in [0.1, 0.15) is 10.8 Å². The first-order valence-corrected chi connectivity index (χ1v) is 10.2. The Morgan fingerprint density at radius 3 is 2.61 bits per heavy atom. The number of nitrogens with one attached hydrogen (secondary N) is 2. The molecule has 1 unspecified atom stereocenters. The van der Waals surface area contributed by atoms with Crippen LogP contribution in [0.2, 0.25) is 0 Å². The Morgan fingerprint density at radius 2 is 2.04 bits per heavy atom. The molecule has 0 fully saturated rings. The molecule has 1 atom stereocenters. The van der Waals surface area contributed by atoms with Crippen molar-refractivity contribution >= 4 is 56.1 Å². The standard InChI is InChI=1S/C13H13IN2O5S2/c1-7(17)21-10-4-8(3-9(14)5-10)12(18)16-13-15-11(6-22-13)23(2,19)20/h3-6,13,15H,1-2H3,(H,16,18). The molecule has 0 saturated carbocycles. The van der Waals surface area contributed by atoms with E-state index in [1.807, 2.05) is 22.6 Å². The van der Waals surface area contributed by atoms with E-state index in [0.29, 0.717) is 5.56 Å². The second-order valence-corrected chi connectivity index (χ2v) is 8.87. The smallest absolute Gasteiger partial charge is 0.308 e. The molecule has 1 amide bonds. The average molecular weight is 468 g/mol. The minimum absolute atomic E-state index is 0.0658. The first-order chi connectivity index (χ1) is 10.6. The lowest BCUT2D eigenvalue weighted by Crippen LogP contribution is -2.40. The zero-order chi connectivity index (χ0) is 17.2. The van der Waals surface area contributed by atoms with Crippen LogP contribution in [-0.4, -0.2) is 32.0 Å². The summed E-state index contributed by atoms with van der Waals surface area (Å²) in [7, 11) is -3.34. The Morgan fingerprint density at radius 1 is 1.35 bits per heavy atom. The molecule has 7 nitrogen and oxygen atoms in total. The van der Waals surface area contributed by atoms with Crippen LogP contribution in [0.4, 0.5) is 0 Å². The topological polar surface area (TPSA) is 102 Å². The molecule has 0 aliphatic carbocycles. The van der Waals surface area contributed by atoms with Crippen LogP contribution in [0.5, 0.6) is 5.75 Å². The Labute approximate surface area is 151 Å². The van der Waals surface area contributed by atoms with Gasteiger partial charge < -0.3 is 15.4 Å². The van der Waals surface area contributed by atoms with Crippen LogP contribution in [0.15, 0.2) is 28.6 Å². The van der Waals surface area contributed by atoms with Gasteiger partial charge in [-0.25, -0.2) is 8.42 Å². The predicted molar refractivity (Wildman–Crippen MR) is 95.4 cm³/mol. The number of rotatable bonds is 4. The molecule has 0 saturated heterocycles. The lowest BCUT2D eigenvalue weighted by Gasteiger charge is -2.14. The normalized spacial score (nSPS) is 17.2. The van der Waals surface area contributed by atoms with Gasteiger partial charge in [0.2, 0.25) is 0 Å². The van der Waals surface area contributed by atoms with E-state index in [1.165, 1.54) is 18.4 Å². The molecule has 1 heterocycles. The van der Waals surface area contributed by atoms with Gasteiger partial charge in [0.05, 0.1) is 0 Å². The lowest BCUT2D eigenvalue weighted by atomic mass is 10.2. The molecular formula is C13H13IN2O5S2. The number of benzene rings is 1. The van der Waals surface area contributed by atoms with E-state index in [0.717, 1.165) is 21.6 Å². The Bertz CT molecular complexity index is 792. The van der Waals surface area contributed by atoms with Gasteiger partial charge in [-0.15, -0.1) is 0 Å². The van der Waals surface area contributed by atoms with Crippen molar-refractivity contribution in [1.82, 2.24) is 10.6 Å². The van der Waals surface area contributed by atoms with Crippen LogP contribution < -0.4 is 15.4 Å². The average Bonchev–Trinajstić information content (AvgIpc) is 2.85. The summed E-state index contributed by atoms with van der Waals surface area (Å²) in [6.07, 6.45) is 1.08. The van der Waals surface area contributed by atoms with Crippen molar-refractivity contribution in [2.75, 3.05) is 6.26 Å². The number of amides is 1. The number of ether oxygens (including phenoxy) is 1. The van der Waals surface area contributed by atoms with Crippen LogP contribution in [0.25, 0.3) is 0 Å². The summed E-state index contributed by atoms with van der Waals surface area (Å²) in [4.78, 5) is 23.3. The summed E-state index contributed by atoms with van der Waals surface area (Å²) in [6, 6.07) is 4.71. The molecule has 1 aromatic carbocycles. The largest absolute Gasteiger partial charge is 0.427 e. The third kappa shape index (κ3) is 5.11. The van der Waals surface area contributed by atoms with Crippen LogP contribution in [0.1, 0.15) is 17.3 Å². The van der Waals surface area contributed by atoms with Gasteiger partial charge in [0, 0.05) is 27.7 Å². The summed E-state index contributed by atoms with van der Waals surface area (Å²) in [6.45, 7) is 1.27. The number of hydrogen-bond acceptors (Lipinski definition) is 7. The fourth-order valence-corrected chi connectivity index (χ4v) is 4.33. The molecule has 0 radical (unpaired) electrons. The van der Waals surface area contributed by atoms with Gasteiger partial charge in [-0.1, -0.05) is 11.8 Å². The van der Waals surface area contributed by atoms with Crippen LogP contribution in [-0.2, 0) is 14.6 Å². The molecule has 124 valence electrons. The number of sulfone groups is 1. The number of carbonyl (C=O) groups is 2. The predicted octanol–water partition coefficient (Wildman–Crippen LogP) is 1.41. The highest BCUT2D eigenvalue weighted by molar-refractivity contribution is 14.1. The van der Waals surface area contributed by atoms with Gasteiger partial charge in [0.25, 0.3) is 5.91 Å². The molecular weight excluding hydrogens is 455 g/mol. The fourth-order valence-electron chi connectivity index (χ4n) is 1.71. The third-order valence-corrected chi connectivity index (χ3v) is 5.33. The van der Waals surface area contributed by atoms with E-state index in [2.05, 4.69) is 10.6 Å². The Kier molecular flexibility index (Phi) is 5.57. The van der Waals surface area contributed by atoms with Gasteiger partial charge in [0.15, 0.2) is 15.3 Å². The van der Waals surface area contributed by atoms with E-state index >= 15 is 0 Å². The quantitative estimate of drug-likeness (QED) is 0.392. The maximum Gasteiger partial charge on any atom is 0.308 e. The zero-order valence-corrected chi connectivity index (χ0v) is 15.9. The maximum absolute atomic E-state index is 12.3. The van der Waals surface area contributed by atoms with Crippen molar-refractivity contribution < 1.29 is 22.7 Å². The van der Waals surface area contributed by atoms with E-state index in [9.17, 15) is 18.0 Å². The van der Waals surface area contributed by atoms with Gasteiger partial charge in [-0.2, -0.15) is 0 Å². The van der Waals surface area contributed by atoms with E-state index in [1.54, 1.807) is 12.1 Å². The highest BCUT2D eigenvalue weighted by Gasteiger charge is 2.24. The van der Waals surface area contributed by atoms with E-state index < -0.39 is 27.2 Å². The number of esters is 1. The number of thioether (sulfide) groups is 1. The number of carbonyl (C=O) groups excluding carboxylic acids is 2. The van der Waals surface area contributed by atoms with Crippen LogP contribution in [0, 0.1) is 3.57 Å². The monoisotopic (exact) mass is 468 g/mol. The van der Waals surface area contributed by atoms with Gasteiger partial charge in [-0.05, 0) is 40.8 Å². The Balaban J connectivity index is 2.07. The number of hydrogen-bond donors (Lipinski definition) is 2. The first-order valence-electron chi connectivity index (χ1n) is 6.27. The highest BCUT2D eigenvalue weighted by atomic mass is 127. The summed E-state index contributed by atoms with van der Waals surface area (Å²) in [5.74, 6) is -0.616. The molecule has 1 aliphatic heterocycles. The SMILES string of the molecule is CC(=O)Oc1cc(I)cc(C(=O)NC2NC(S(C)(=O)=O)=CS2)c1. The van der Waals surface area contributed by atoms with Crippen molar-refractivity contribution in [3.8, 4) is 5.75 Å². The first kappa shape index (κ1) is 18.1. The minimum atomic E-state index is -3.34. The molecule has 10 heteroatoms. The van der Waals surface area contributed by atoms with Crippen LogP contribution >= 0.6 is 34.4 Å². The fraction of sp³-hybridized carbons (Fsp3) is 0.231. The summed E-state index contributed by atoms with van der Waals surface area (Å²) in [5.41, 5.74) is -0.273. The number of halogens is 1. The minimum Gasteiger partial charge on any atom is -0.427 e. The van der Waals surface area contributed by atoms with Gasteiger partial charge in [-0.3, -0.25) is 9.59 Å². The third-order valence-electron chi connectivity index (χ3n) is 2.64. The molecule has 2 N–H and O–H groups in total. The van der Waals surface area contributed by atoms with Crippen LogP contribution in [0.3, 0.4) is 0 Å². The van der Waals surface area contributed by atoms with Crippen molar-refractivity contribution in [1.29, 1.82) is 0 Å². The molecule has 0 aromatic heterocycles. The van der Waals surface area contributed by atoms with Crippen molar-refractivity contribution in [3.05, 3.63) is 37.8 Å². The molecule has 1 aromatic rings. The lowest BCUT2D eigenvalue weighted by molar-refractivity contribution is -0.131. The van der Waals surface area contributed by atoms with Crippen molar-refractivity contribution in [2.24, 2.45) is 0 Å². The molecule has 0 spiro atoms. The maximum atomic E-state index is 12.3. The summed E-state index contributed by atoms with van der Waals surface area (Å²) < 4.78 is 28.6.